The number of aryl methyl sites for hydroxylation is 2. The number of nitrogens with one attached hydrogen (secondary N) is 1. The van der Waals surface area contributed by atoms with Crippen molar-refractivity contribution < 1.29 is 13.9 Å². The van der Waals surface area contributed by atoms with Crippen LogP contribution in [0.3, 0.4) is 0 Å². The standard InChI is InChI=1S/C17H18FNO2/c1-12-3-4-13(2)16(11-12)17(20)19-9-10-21-15-7-5-14(18)6-8-15/h3-8,11H,9-10H2,1-2H3,(H,19,20). The lowest BCUT2D eigenvalue weighted by Gasteiger charge is -2.10. The summed E-state index contributed by atoms with van der Waals surface area (Å²) < 4.78 is 18.1. The molecule has 2 aromatic rings. The van der Waals surface area contributed by atoms with E-state index in [-0.39, 0.29) is 11.7 Å². The van der Waals surface area contributed by atoms with Crippen LogP contribution < -0.4 is 10.1 Å². The van der Waals surface area contributed by atoms with Crippen LogP contribution >= 0.6 is 0 Å². The van der Waals surface area contributed by atoms with Crippen molar-refractivity contribution in [1.82, 2.24) is 5.32 Å². The van der Waals surface area contributed by atoms with Gasteiger partial charge in [-0.3, -0.25) is 4.79 Å². The zero-order chi connectivity index (χ0) is 15.2. The molecule has 0 aliphatic rings. The molecule has 0 aliphatic heterocycles. The van der Waals surface area contributed by atoms with Crippen LogP contribution in [0.1, 0.15) is 21.5 Å². The predicted molar refractivity (Wildman–Crippen MR) is 80.1 cm³/mol. The number of benzene rings is 2. The third-order valence-corrected chi connectivity index (χ3v) is 3.11. The number of halogens is 1. The quantitative estimate of drug-likeness (QED) is 0.857. The van der Waals surface area contributed by atoms with Gasteiger partial charge in [-0.1, -0.05) is 17.7 Å². The molecule has 0 bridgehead atoms. The number of carbonyl (C=O) groups is 1. The number of hydrogen-bond donors (Lipinski definition) is 1. The molecule has 0 saturated carbocycles. The van der Waals surface area contributed by atoms with Crippen LogP contribution in [0.5, 0.6) is 5.75 Å². The van der Waals surface area contributed by atoms with Gasteiger partial charge in [-0.25, -0.2) is 4.39 Å². The van der Waals surface area contributed by atoms with Gasteiger partial charge < -0.3 is 10.1 Å². The molecular formula is C17H18FNO2. The molecule has 0 saturated heterocycles. The minimum Gasteiger partial charge on any atom is -0.492 e. The molecule has 1 N–H and O–H groups in total. The van der Waals surface area contributed by atoms with Crippen molar-refractivity contribution in [3.63, 3.8) is 0 Å². The van der Waals surface area contributed by atoms with E-state index in [2.05, 4.69) is 5.32 Å². The minimum atomic E-state index is -0.300. The summed E-state index contributed by atoms with van der Waals surface area (Å²) in [4.78, 5) is 12.1. The average molecular weight is 287 g/mol. The Bertz CT molecular complexity index is 623. The lowest BCUT2D eigenvalue weighted by molar-refractivity contribution is 0.0946. The molecule has 0 atom stereocenters. The molecular weight excluding hydrogens is 269 g/mol. The van der Waals surface area contributed by atoms with Gasteiger partial charge >= 0.3 is 0 Å². The molecule has 2 aromatic carbocycles. The fraction of sp³-hybridized carbons (Fsp3) is 0.235. The highest BCUT2D eigenvalue weighted by molar-refractivity contribution is 5.95. The number of amides is 1. The summed E-state index contributed by atoms with van der Waals surface area (Å²) in [7, 11) is 0. The molecule has 0 fully saturated rings. The number of ether oxygens (including phenoxy) is 1. The Hall–Kier alpha value is -2.36. The zero-order valence-corrected chi connectivity index (χ0v) is 12.2. The summed E-state index contributed by atoms with van der Waals surface area (Å²) in [5.74, 6) is 0.168. The van der Waals surface area contributed by atoms with Gasteiger partial charge in [0, 0.05) is 5.56 Å². The highest BCUT2D eigenvalue weighted by Gasteiger charge is 2.08. The van der Waals surface area contributed by atoms with Gasteiger partial charge in [0.05, 0.1) is 6.54 Å². The third kappa shape index (κ3) is 4.31. The fourth-order valence-corrected chi connectivity index (χ4v) is 1.94. The van der Waals surface area contributed by atoms with Crippen molar-refractivity contribution in [3.05, 3.63) is 65.0 Å². The van der Waals surface area contributed by atoms with E-state index in [1.165, 1.54) is 12.1 Å². The first-order valence-corrected chi connectivity index (χ1v) is 6.80. The molecule has 0 radical (unpaired) electrons. The summed E-state index contributed by atoms with van der Waals surface area (Å²) >= 11 is 0. The molecule has 1 amide bonds. The molecule has 21 heavy (non-hydrogen) atoms. The molecule has 0 unspecified atom stereocenters. The summed E-state index contributed by atoms with van der Waals surface area (Å²) in [5.41, 5.74) is 2.67. The van der Waals surface area contributed by atoms with E-state index < -0.39 is 0 Å². The molecule has 0 heterocycles. The van der Waals surface area contributed by atoms with Crippen LogP contribution in [-0.4, -0.2) is 19.1 Å². The Morgan fingerprint density at radius 1 is 1.14 bits per heavy atom. The number of rotatable bonds is 5. The minimum absolute atomic E-state index is 0.112. The van der Waals surface area contributed by atoms with Crippen LogP contribution in [0.25, 0.3) is 0 Å². The van der Waals surface area contributed by atoms with Gasteiger partial charge in [-0.15, -0.1) is 0 Å². The molecule has 0 spiro atoms. The van der Waals surface area contributed by atoms with Gasteiger partial charge in [0.1, 0.15) is 18.2 Å². The second kappa shape index (κ2) is 6.88. The molecule has 0 aromatic heterocycles. The summed E-state index contributed by atoms with van der Waals surface area (Å²) in [6, 6.07) is 11.6. The first-order chi connectivity index (χ1) is 10.1. The first kappa shape index (κ1) is 15.0. The normalized spacial score (nSPS) is 10.2. The smallest absolute Gasteiger partial charge is 0.251 e. The van der Waals surface area contributed by atoms with Crippen molar-refractivity contribution >= 4 is 5.91 Å². The fourth-order valence-electron chi connectivity index (χ4n) is 1.94. The average Bonchev–Trinajstić information content (AvgIpc) is 2.47. The largest absolute Gasteiger partial charge is 0.492 e. The third-order valence-electron chi connectivity index (χ3n) is 3.11. The van der Waals surface area contributed by atoms with Gasteiger partial charge in [-0.05, 0) is 49.7 Å². The lowest BCUT2D eigenvalue weighted by Crippen LogP contribution is -2.28. The molecule has 3 nitrogen and oxygen atoms in total. The summed E-state index contributed by atoms with van der Waals surface area (Å²) in [6.45, 7) is 4.59. The van der Waals surface area contributed by atoms with E-state index in [1.807, 2.05) is 32.0 Å². The van der Waals surface area contributed by atoms with E-state index >= 15 is 0 Å². The van der Waals surface area contributed by atoms with Gasteiger partial charge in [0.15, 0.2) is 0 Å². The monoisotopic (exact) mass is 287 g/mol. The second-order valence-corrected chi connectivity index (χ2v) is 4.88. The highest BCUT2D eigenvalue weighted by Crippen LogP contribution is 2.11. The van der Waals surface area contributed by atoms with Crippen molar-refractivity contribution in [2.75, 3.05) is 13.2 Å². The SMILES string of the molecule is Cc1ccc(C)c(C(=O)NCCOc2ccc(F)cc2)c1. The van der Waals surface area contributed by atoms with Crippen molar-refractivity contribution in [3.8, 4) is 5.75 Å². The Morgan fingerprint density at radius 2 is 1.86 bits per heavy atom. The summed E-state index contributed by atoms with van der Waals surface area (Å²) in [5, 5.41) is 2.81. The van der Waals surface area contributed by atoms with Crippen LogP contribution in [0.4, 0.5) is 4.39 Å². The van der Waals surface area contributed by atoms with Crippen molar-refractivity contribution in [1.29, 1.82) is 0 Å². The van der Waals surface area contributed by atoms with Crippen LogP contribution in [0.2, 0.25) is 0 Å². The lowest BCUT2D eigenvalue weighted by atomic mass is 10.1. The van der Waals surface area contributed by atoms with E-state index in [0.29, 0.717) is 24.5 Å². The van der Waals surface area contributed by atoms with Crippen LogP contribution in [0, 0.1) is 19.7 Å². The Kier molecular flexibility index (Phi) is 4.93. The molecule has 2 rings (SSSR count). The molecule has 4 heteroatoms. The predicted octanol–water partition coefficient (Wildman–Crippen LogP) is 3.25. The van der Waals surface area contributed by atoms with E-state index in [1.54, 1.807) is 12.1 Å². The van der Waals surface area contributed by atoms with Crippen molar-refractivity contribution in [2.24, 2.45) is 0 Å². The maximum atomic E-state index is 12.7. The Labute approximate surface area is 123 Å². The topological polar surface area (TPSA) is 38.3 Å². The number of hydrogen-bond acceptors (Lipinski definition) is 2. The highest BCUT2D eigenvalue weighted by atomic mass is 19.1. The maximum absolute atomic E-state index is 12.7. The first-order valence-electron chi connectivity index (χ1n) is 6.80. The van der Waals surface area contributed by atoms with Gasteiger partial charge in [0.25, 0.3) is 5.91 Å². The second-order valence-electron chi connectivity index (χ2n) is 4.88. The van der Waals surface area contributed by atoms with E-state index in [9.17, 15) is 9.18 Å². The van der Waals surface area contributed by atoms with Gasteiger partial charge in [0.2, 0.25) is 0 Å². The van der Waals surface area contributed by atoms with Crippen molar-refractivity contribution in [2.45, 2.75) is 13.8 Å². The maximum Gasteiger partial charge on any atom is 0.251 e. The van der Waals surface area contributed by atoms with Gasteiger partial charge in [-0.2, -0.15) is 0 Å². The Morgan fingerprint density at radius 3 is 2.57 bits per heavy atom. The number of carbonyl (C=O) groups excluding carboxylic acids is 1. The van der Waals surface area contributed by atoms with E-state index in [4.69, 9.17) is 4.74 Å². The van der Waals surface area contributed by atoms with Crippen LogP contribution in [0.15, 0.2) is 42.5 Å². The Balaban J connectivity index is 1.81. The zero-order valence-electron chi connectivity index (χ0n) is 12.2. The van der Waals surface area contributed by atoms with Crippen LogP contribution in [-0.2, 0) is 0 Å². The molecule has 0 aliphatic carbocycles. The summed E-state index contributed by atoms with van der Waals surface area (Å²) in [6.07, 6.45) is 0. The molecule has 110 valence electrons. The van der Waals surface area contributed by atoms with E-state index in [0.717, 1.165) is 11.1 Å².